The second kappa shape index (κ2) is 4.99. The lowest BCUT2D eigenvalue weighted by Gasteiger charge is -1.97. The first-order valence-electron chi connectivity index (χ1n) is 4.06. The minimum absolute atomic E-state index is 0.929. The molecule has 0 aliphatic rings. The Hall–Kier alpha value is -1.76. The van der Waals surface area contributed by atoms with Crippen molar-refractivity contribution in [3.63, 3.8) is 0 Å². The van der Waals surface area contributed by atoms with Crippen LogP contribution in [0.1, 0.15) is 5.56 Å². The summed E-state index contributed by atoms with van der Waals surface area (Å²) in [4.78, 5) is 0. The molecule has 1 nitrogen and oxygen atoms in total. The molecule has 0 amide bonds. The maximum Gasteiger partial charge on any atom is 0.0791 e. The molecule has 0 saturated carbocycles. The summed E-state index contributed by atoms with van der Waals surface area (Å²) in [7, 11) is 0. The van der Waals surface area contributed by atoms with Crippen LogP contribution < -0.4 is 0 Å². The molecule has 0 aromatic heterocycles. The molecule has 0 fully saturated rings. The zero-order valence-corrected chi connectivity index (χ0v) is 7.35. The Morgan fingerprint density at radius 2 is 1.85 bits per heavy atom. The average Bonchev–Trinajstić information content (AvgIpc) is 2.19. The number of benzene rings is 1. The summed E-state index contributed by atoms with van der Waals surface area (Å²) in [5, 5.41) is 8.39. The Bertz CT molecular complexity index is 320. The van der Waals surface area contributed by atoms with Gasteiger partial charge >= 0.3 is 0 Å². The fraction of sp³-hybridized carbons (Fsp3) is 0. The number of rotatable bonds is 3. The molecule has 0 unspecified atom stereocenters. The van der Waals surface area contributed by atoms with Crippen LogP contribution in [-0.4, -0.2) is 5.11 Å². The minimum atomic E-state index is 0.929. The standard InChI is InChI=1S/C12H12O/c1-11(7-5-6-10-13)12-8-3-2-4-9-12/h2-10,13H,1H2. The van der Waals surface area contributed by atoms with Gasteiger partial charge in [-0.2, -0.15) is 0 Å². The van der Waals surface area contributed by atoms with Crippen molar-refractivity contribution in [2.45, 2.75) is 0 Å². The summed E-state index contributed by atoms with van der Waals surface area (Å²) < 4.78 is 0. The fourth-order valence-corrected chi connectivity index (χ4v) is 0.970. The van der Waals surface area contributed by atoms with E-state index in [1.54, 1.807) is 12.2 Å². The van der Waals surface area contributed by atoms with E-state index in [0.29, 0.717) is 0 Å². The van der Waals surface area contributed by atoms with Gasteiger partial charge in [0.2, 0.25) is 0 Å². The maximum absolute atomic E-state index is 8.39. The Balaban J connectivity index is 2.70. The van der Waals surface area contributed by atoms with E-state index < -0.39 is 0 Å². The van der Waals surface area contributed by atoms with Crippen LogP contribution in [0, 0.1) is 0 Å². The third kappa shape index (κ3) is 2.99. The molecule has 13 heavy (non-hydrogen) atoms. The van der Waals surface area contributed by atoms with E-state index in [0.717, 1.165) is 17.4 Å². The van der Waals surface area contributed by atoms with Gasteiger partial charge in [0, 0.05) is 0 Å². The molecule has 1 heteroatoms. The predicted octanol–water partition coefficient (Wildman–Crippen LogP) is 3.33. The van der Waals surface area contributed by atoms with Crippen molar-refractivity contribution < 1.29 is 5.11 Å². The van der Waals surface area contributed by atoms with Crippen LogP contribution in [-0.2, 0) is 0 Å². The lowest BCUT2D eigenvalue weighted by molar-refractivity contribution is 0.474. The molecule has 0 radical (unpaired) electrons. The first kappa shape index (κ1) is 9.33. The number of aliphatic hydroxyl groups is 1. The van der Waals surface area contributed by atoms with Gasteiger partial charge in [0.15, 0.2) is 0 Å². The van der Waals surface area contributed by atoms with E-state index >= 15 is 0 Å². The second-order valence-electron chi connectivity index (χ2n) is 2.59. The normalized spacial score (nSPS) is 11.1. The van der Waals surface area contributed by atoms with Gasteiger partial charge in [-0.25, -0.2) is 0 Å². The molecule has 0 heterocycles. The Labute approximate surface area is 78.3 Å². The fourth-order valence-electron chi connectivity index (χ4n) is 0.970. The largest absolute Gasteiger partial charge is 0.516 e. The van der Waals surface area contributed by atoms with Crippen LogP contribution >= 0.6 is 0 Å². The van der Waals surface area contributed by atoms with Crippen LogP contribution in [0.4, 0.5) is 0 Å². The second-order valence-corrected chi connectivity index (χ2v) is 2.59. The number of hydrogen-bond donors (Lipinski definition) is 1. The highest BCUT2D eigenvalue weighted by Crippen LogP contribution is 2.12. The van der Waals surface area contributed by atoms with E-state index in [1.165, 1.54) is 0 Å². The average molecular weight is 172 g/mol. The van der Waals surface area contributed by atoms with Crippen molar-refractivity contribution in [1.29, 1.82) is 0 Å². The highest BCUT2D eigenvalue weighted by Gasteiger charge is 1.90. The van der Waals surface area contributed by atoms with E-state index in [9.17, 15) is 0 Å². The van der Waals surface area contributed by atoms with Crippen molar-refractivity contribution in [3.05, 3.63) is 67.0 Å². The third-order valence-electron chi connectivity index (χ3n) is 1.64. The summed E-state index contributed by atoms with van der Waals surface area (Å²) in [6.45, 7) is 3.89. The van der Waals surface area contributed by atoms with E-state index in [4.69, 9.17) is 5.11 Å². The van der Waals surface area contributed by atoms with Crippen LogP contribution in [0.3, 0.4) is 0 Å². The van der Waals surface area contributed by atoms with Crippen LogP contribution in [0.15, 0.2) is 61.4 Å². The monoisotopic (exact) mass is 172 g/mol. The van der Waals surface area contributed by atoms with Gasteiger partial charge in [0.1, 0.15) is 0 Å². The van der Waals surface area contributed by atoms with Crippen LogP contribution in [0.2, 0.25) is 0 Å². The van der Waals surface area contributed by atoms with Gasteiger partial charge in [-0.1, -0.05) is 49.1 Å². The van der Waals surface area contributed by atoms with Gasteiger partial charge in [0.25, 0.3) is 0 Å². The molecule has 1 rings (SSSR count). The van der Waals surface area contributed by atoms with E-state index in [1.807, 2.05) is 36.4 Å². The first-order valence-corrected chi connectivity index (χ1v) is 4.06. The summed E-state index contributed by atoms with van der Waals surface area (Å²) in [6.07, 6.45) is 6.14. The zero-order chi connectivity index (χ0) is 9.52. The van der Waals surface area contributed by atoms with Gasteiger partial charge in [0.05, 0.1) is 6.26 Å². The van der Waals surface area contributed by atoms with Crippen molar-refractivity contribution in [1.82, 2.24) is 0 Å². The first-order chi connectivity index (χ1) is 6.34. The number of aliphatic hydroxyl groups excluding tert-OH is 1. The molecule has 1 N–H and O–H groups in total. The topological polar surface area (TPSA) is 20.2 Å². The maximum atomic E-state index is 8.39. The summed E-state index contributed by atoms with van der Waals surface area (Å²) in [5.74, 6) is 0. The SMILES string of the molecule is C=C(C=CC=CO)c1ccccc1. The van der Waals surface area contributed by atoms with Gasteiger partial charge in [-0.3, -0.25) is 0 Å². The molecule has 0 atom stereocenters. The number of hydrogen-bond acceptors (Lipinski definition) is 1. The summed E-state index contributed by atoms with van der Waals surface area (Å²) in [6, 6.07) is 9.89. The molecule has 1 aromatic carbocycles. The molecule has 0 aliphatic carbocycles. The molecule has 0 saturated heterocycles. The zero-order valence-electron chi connectivity index (χ0n) is 7.35. The molecule has 0 aliphatic heterocycles. The van der Waals surface area contributed by atoms with Crippen LogP contribution in [0.25, 0.3) is 5.57 Å². The lowest BCUT2D eigenvalue weighted by atomic mass is 10.1. The van der Waals surface area contributed by atoms with Gasteiger partial charge < -0.3 is 5.11 Å². The van der Waals surface area contributed by atoms with Crippen molar-refractivity contribution in [2.75, 3.05) is 0 Å². The molecule has 0 bridgehead atoms. The molecule has 1 aromatic rings. The van der Waals surface area contributed by atoms with E-state index in [2.05, 4.69) is 6.58 Å². The Morgan fingerprint density at radius 1 is 1.15 bits per heavy atom. The summed E-state index contributed by atoms with van der Waals surface area (Å²) in [5.41, 5.74) is 2.02. The van der Waals surface area contributed by atoms with Gasteiger partial charge in [-0.05, 0) is 17.2 Å². The highest BCUT2D eigenvalue weighted by molar-refractivity contribution is 5.71. The molecular formula is C12H12O. The summed E-state index contributed by atoms with van der Waals surface area (Å²) >= 11 is 0. The van der Waals surface area contributed by atoms with Crippen molar-refractivity contribution in [3.8, 4) is 0 Å². The quantitative estimate of drug-likeness (QED) is 0.547. The van der Waals surface area contributed by atoms with Gasteiger partial charge in [-0.15, -0.1) is 0 Å². The van der Waals surface area contributed by atoms with Crippen molar-refractivity contribution in [2.24, 2.45) is 0 Å². The third-order valence-corrected chi connectivity index (χ3v) is 1.64. The smallest absolute Gasteiger partial charge is 0.0791 e. The molecular weight excluding hydrogens is 160 g/mol. The van der Waals surface area contributed by atoms with Crippen LogP contribution in [0.5, 0.6) is 0 Å². The van der Waals surface area contributed by atoms with E-state index in [-0.39, 0.29) is 0 Å². The molecule has 66 valence electrons. The highest BCUT2D eigenvalue weighted by atomic mass is 16.2. The lowest BCUT2D eigenvalue weighted by Crippen LogP contribution is -1.75. The predicted molar refractivity (Wildman–Crippen MR) is 56.4 cm³/mol. The Kier molecular flexibility index (Phi) is 3.58. The Morgan fingerprint density at radius 3 is 2.46 bits per heavy atom. The number of allylic oxidation sites excluding steroid dienone is 4. The molecule has 0 spiro atoms. The minimum Gasteiger partial charge on any atom is -0.516 e. The van der Waals surface area contributed by atoms with Crippen molar-refractivity contribution >= 4 is 5.57 Å².